The molecule has 0 aliphatic heterocycles. The SMILES string of the molecule is CCOc1ccc(CCCNC(=O)CN(c2cc(Cl)ccc2OC)S(=O)(=O)c2ccc(OC)c(OC)c2)cc1. The first-order valence-electron chi connectivity index (χ1n) is 12.3. The molecule has 1 N–H and O–H groups in total. The van der Waals surface area contributed by atoms with E-state index in [1.807, 2.05) is 31.2 Å². The average Bonchev–Trinajstić information content (AvgIpc) is 2.94. The van der Waals surface area contributed by atoms with Crippen LogP contribution in [0.15, 0.2) is 65.6 Å². The average molecular weight is 577 g/mol. The van der Waals surface area contributed by atoms with Gasteiger partial charge in [-0.25, -0.2) is 8.42 Å². The van der Waals surface area contributed by atoms with Crippen molar-refractivity contribution in [2.45, 2.75) is 24.7 Å². The number of amides is 1. The molecule has 0 aromatic heterocycles. The van der Waals surface area contributed by atoms with Crippen LogP contribution in [0.3, 0.4) is 0 Å². The van der Waals surface area contributed by atoms with Gasteiger partial charge in [0.1, 0.15) is 18.0 Å². The largest absolute Gasteiger partial charge is 0.495 e. The standard InChI is InChI=1S/C28H33ClN2O7S/c1-5-38-22-11-8-20(9-12-22)7-6-16-30-28(32)19-31(24-17-21(29)10-14-25(24)35-2)39(33,34)23-13-15-26(36-3)27(18-23)37-4/h8-15,17-18H,5-7,16,19H2,1-4H3,(H,30,32). The van der Waals surface area contributed by atoms with Crippen LogP contribution in [0.2, 0.25) is 5.02 Å². The quantitative estimate of drug-likeness (QED) is 0.277. The van der Waals surface area contributed by atoms with Crippen LogP contribution in [0.1, 0.15) is 18.9 Å². The zero-order chi connectivity index (χ0) is 28.4. The lowest BCUT2D eigenvalue weighted by molar-refractivity contribution is -0.119. The summed E-state index contributed by atoms with van der Waals surface area (Å²) in [5.74, 6) is 1.17. The molecule has 0 unspecified atom stereocenters. The number of rotatable bonds is 14. The van der Waals surface area contributed by atoms with E-state index in [1.54, 1.807) is 12.1 Å². The van der Waals surface area contributed by atoms with Gasteiger partial charge in [0, 0.05) is 17.6 Å². The normalized spacial score (nSPS) is 11.0. The van der Waals surface area contributed by atoms with E-state index >= 15 is 0 Å². The molecule has 0 atom stereocenters. The number of nitrogens with one attached hydrogen (secondary N) is 1. The highest BCUT2D eigenvalue weighted by atomic mass is 35.5. The van der Waals surface area contributed by atoms with Gasteiger partial charge >= 0.3 is 0 Å². The maximum atomic E-state index is 13.8. The van der Waals surface area contributed by atoms with E-state index in [9.17, 15) is 13.2 Å². The number of methoxy groups -OCH3 is 3. The van der Waals surface area contributed by atoms with Crippen LogP contribution in [0.25, 0.3) is 0 Å². The van der Waals surface area contributed by atoms with Crippen LogP contribution in [-0.4, -0.2) is 55.4 Å². The van der Waals surface area contributed by atoms with Crippen molar-refractivity contribution in [1.82, 2.24) is 5.32 Å². The van der Waals surface area contributed by atoms with Crippen molar-refractivity contribution in [2.24, 2.45) is 0 Å². The highest BCUT2D eigenvalue weighted by molar-refractivity contribution is 7.92. The molecule has 210 valence electrons. The molecule has 0 aliphatic carbocycles. The summed E-state index contributed by atoms with van der Waals surface area (Å²) in [7, 11) is 0.0228. The van der Waals surface area contributed by atoms with Gasteiger partial charge in [0.2, 0.25) is 5.91 Å². The zero-order valence-electron chi connectivity index (χ0n) is 22.4. The highest BCUT2D eigenvalue weighted by Crippen LogP contribution is 2.37. The number of ether oxygens (including phenoxy) is 4. The molecule has 3 rings (SSSR count). The van der Waals surface area contributed by atoms with Crippen LogP contribution in [0.5, 0.6) is 23.0 Å². The molecule has 0 fully saturated rings. The number of halogens is 1. The Morgan fingerprint density at radius 2 is 1.56 bits per heavy atom. The molecule has 0 radical (unpaired) electrons. The summed E-state index contributed by atoms with van der Waals surface area (Å²) in [6.07, 6.45) is 1.41. The van der Waals surface area contributed by atoms with Gasteiger partial charge in [-0.2, -0.15) is 0 Å². The fraction of sp³-hybridized carbons (Fsp3) is 0.321. The van der Waals surface area contributed by atoms with E-state index in [0.29, 0.717) is 25.3 Å². The Balaban J connectivity index is 1.80. The van der Waals surface area contributed by atoms with E-state index < -0.39 is 22.5 Å². The van der Waals surface area contributed by atoms with Crippen LogP contribution >= 0.6 is 11.6 Å². The van der Waals surface area contributed by atoms with Crippen molar-refractivity contribution < 1.29 is 32.2 Å². The number of benzene rings is 3. The Morgan fingerprint density at radius 3 is 2.21 bits per heavy atom. The lowest BCUT2D eigenvalue weighted by atomic mass is 10.1. The van der Waals surface area contributed by atoms with E-state index in [1.165, 1.54) is 45.6 Å². The first-order chi connectivity index (χ1) is 18.7. The van der Waals surface area contributed by atoms with Gasteiger partial charge in [0.05, 0.1) is 38.5 Å². The monoisotopic (exact) mass is 576 g/mol. The number of sulfonamides is 1. The number of hydrogen-bond acceptors (Lipinski definition) is 7. The molecule has 0 heterocycles. The minimum Gasteiger partial charge on any atom is -0.495 e. The number of nitrogens with zero attached hydrogens (tertiary/aromatic N) is 1. The number of aryl methyl sites for hydroxylation is 1. The summed E-state index contributed by atoms with van der Waals surface area (Å²) in [5, 5.41) is 3.10. The second-order valence-corrected chi connectivity index (χ2v) is 10.7. The molecule has 0 saturated carbocycles. The van der Waals surface area contributed by atoms with Crippen molar-refractivity contribution in [3.05, 3.63) is 71.2 Å². The van der Waals surface area contributed by atoms with E-state index in [2.05, 4.69) is 5.32 Å². The van der Waals surface area contributed by atoms with Gasteiger partial charge in [-0.05, 0) is 67.8 Å². The summed E-state index contributed by atoms with van der Waals surface area (Å²) >= 11 is 6.20. The number of carbonyl (C=O) groups is 1. The summed E-state index contributed by atoms with van der Waals surface area (Å²) in [6.45, 7) is 2.41. The molecule has 3 aromatic carbocycles. The van der Waals surface area contributed by atoms with Crippen molar-refractivity contribution >= 4 is 33.2 Å². The third kappa shape index (κ3) is 7.70. The van der Waals surface area contributed by atoms with Crippen LogP contribution < -0.4 is 28.6 Å². The molecule has 39 heavy (non-hydrogen) atoms. The van der Waals surface area contributed by atoms with Crippen LogP contribution in [-0.2, 0) is 21.2 Å². The smallest absolute Gasteiger partial charge is 0.265 e. The molecule has 0 bridgehead atoms. The van der Waals surface area contributed by atoms with Gasteiger partial charge in [0.25, 0.3) is 10.0 Å². The first kappa shape index (κ1) is 29.9. The van der Waals surface area contributed by atoms with Gasteiger partial charge in [-0.15, -0.1) is 0 Å². The summed E-state index contributed by atoms with van der Waals surface area (Å²) in [6, 6.07) is 16.6. The highest BCUT2D eigenvalue weighted by Gasteiger charge is 2.30. The number of anilines is 1. The first-order valence-corrected chi connectivity index (χ1v) is 14.1. The van der Waals surface area contributed by atoms with E-state index in [4.69, 9.17) is 30.5 Å². The van der Waals surface area contributed by atoms with Crippen molar-refractivity contribution in [3.63, 3.8) is 0 Å². The fourth-order valence-electron chi connectivity index (χ4n) is 3.89. The maximum Gasteiger partial charge on any atom is 0.265 e. The fourth-order valence-corrected chi connectivity index (χ4v) is 5.49. The second kappa shape index (κ2) is 14.0. The molecule has 0 saturated heterocycles. The summed E-state index contributed by atoms with van der Waals surface area (Å²) < 4.78 is 50.0. The maximum absolute atomic E-state index is 13.8. The number of carbonyl (C=O) groups excluding carboxylic acids is 1. The Labute approximate surface area is 234 Å². The van der Waals surface area contributed by atoms with Crippen molar-refractivity contribution in [1.29, 1.82) is 0 Å². The van der Waals surface area contributed by atoms with E-state index in [0.717, 1.165) is 22.0 Å². The summed E-state index contributed by atoms with van der Waals surface area (Å²) in [4.78, 5) is 12.9. The predicted octanol–water partition coefficient (Wildman–Crippen LogP) is 4.71. The summed E-state index contributed by atoms with van der Waals surface area (Å²) in [5.41, 5.74) is 1.23. The minimum atomic E-state index is -4.25. The second-order valence-electron chi connectivity index (χ2n) is 8.38. The van der Waals surface area contributed by atoms with Crippen molar-refractivity contribution in [3.8, 4) is 23.0 Å². The molecular weight excluding hydrogens is 544 g/mol. The van der Waals surface area contributed by atoms with Crippen molar-refractivity contribution in [2.75, 3.05) is 45.3 Å². The Hall–Kier alpha value is -3.63. The minimum absolute atomic E-state index is 0.0921. The Bertz CT molecular complexity index is 1360. The molecule has 1 amide bonds. The third-order valence-corrected chi connectivity index (χ3v) is 7.83. The number of hydrogen-bond donors (Lipinski definition) is 1. The van der Waals surface area contributed by atoms with Gasteiger partial charge in [-0.3, -0.25) is 9.10 Å². The van der Waals surface area contributed by atoms with Gasteiger partial charge < -0.3 is 24.3 Å². The Morgan fingerprint density at radius 1 is 0.897 bits per heavy atom. The molecule has 0 spiro atoms. The third-order valence-electron chi connectivity index (χ3n) is 5.84. The lowest BCUT2D eigenvalue weighted by Gasteiger charge is -2.26. The topological polar surface area (TPSA) is 103 Å². The van der Waals surface area contributed by atoms with Crippen LogP contribution in [0.4, 0.5) is 5.69 Å². The predicted molar refractivity (Wildman–Crippen MR) is 151 cm³/mol. The Kier molecular flexibility index (Phi) is 10.7. The lowest BCUT2D eigenvalue weighted by Crippen LogP contribution is -2.41. The molecule has 9 nitrogen and oxygen atoms in total. The molecule has 0 aliphatic rings. The molecular formula is C28H33ClN2O7S. The zero-order valence-corrected chi connectivity index (χ0v) is 24.0. The molecule has 11 heteroatoms. The van der Waals surface area contributed by atoms with Crippen LogP contribution in [0, 0.1) is 0 Å². The van der Waals surface area contributed by atoms with Gasteiger partial charge in [-0.1, -0.05) is 23.7 Å². The van der Waals surface area contributed by atoms with Gasteiger partial charge in [0.15, 0.2) is 11.5 Å². The molecule has 3 aromatic rings. The van der Waals surface area contributed by atoms with E-state index in [-0.39, 0.29) is 27.1 Å².